The molecule has 1 atom stereocenters. The van der Waals surface area contributed by atoms with Crippen LogP contribution in [0.1, 0.15) is 18.0 Å². The molecule has 0 saturated heterocycles. The van der Waals surface area contributed by atoms with Crippen LogP contribution in [0.25, 0.3) is 0 Å². The molecular weight excluding hydrogens is 297 g/mol. The minimum Gasteiger partial charge on any atom is -0.507 e. The van der Waals surface area contributed by atoms with Gasteiger partial charge in [0.05, 0.1) is 18.0 Å². The van der Waals surface area contributed by atoms with E-state index in [1.54, 1.807) is 12.1 Å². The quantitative estimate of drug-likeness (QED) is 0.839. The van der Waals surface area contributed by atoms with Crippen LogP contribution >= 0.6 is 28.3 Å². The molecule has 1 aromatic rings. The third-order valence-corrected chi connectivity index (χ3v) is 2.65. The van der Waals surface area contributed by atoms with Crippen LogP contribution in [0.2, 0.25) is 0 Å². The SMILES string of the molecule is COC(=O)C[C@H](N)c1ccc(O)c(Br)c1.Cl. The van der Waals surface area contributed by atoms with Gasteiger partial charge in [-0.25, -0.2) is 0 Å². The Morgan fingerprint density at radius 1 is 1.62 bits per heavy atom. The zero-order valence-corrected chi connectivity index (χ0v) is 11.0. The maximum atomic E-state index is 11.0. The number of carbonyl (C=O) groups excluding carboxylic acids is 1. The highest BCUT2D eigenvalue weighted by molar-refractivity contribution is 9.10. The van der Waals surface area contributed by atoms with Gasteiger partial charge in [0.1, 0.15) is 5.75 Å². The summed E-state index contributed by atoms with van der Waals surface area (Å²) in [5, 5.41) is 9.27. The van der Waals surface area contributed by atoms with E-state index in [2.05, 4.69) is 20.7 Å². The average molecular weight is 311 g/mol. The van der Waals surface area contributed by atoms with Crippen molar-refractivity contribution in [1.29, 1.82) is 0 Å². The lowest BCUT2D eigenvalue weighted by Crippen LogP contribution is -2.16. The molecule has 0 bridgehead atoms. The average Bonchev–Trinajstić information content (AvgIpc) is 2.21. The van der Waals surface area contributed by atoms with Gasteiger partial charge in [-0.15, -0.1) is 12.4 Å². The van der Waals surface area contributed by atoms with Gasteiger partial charge in [-0.05, 0) is 33.6 Å². The molecule has 0 fully saturated rings. The molecule has 0 radical (unpaired) electrons. The van der Waals surface area contributed by atoms with Crippen LogP contribution in [-0.4, -0.2) is 18.2 Å². The number of aromatic hydroxyl groups is 1. The van der Waals surface area contributed by atoms with Crippen LogP contribution in [0.5, 0.6) is 5.75 Å². The fourth-order valence-electron chi connectivity index (χ4n) is 1.13. The van der Waals surface area contributed by atoms with Crippen LogP contribution in [0.15, 0.2) is 22.7 Å². The number of hydrogen-bond acceptors (Lipinski definition) is 4. The molecule has 6 heteroatoms. The van der Waals surface area contributed by atoms with Crippen LogP contribution in [-0.2, 0) is 9.53 Å². The number of hydrogen-bond donors (Lipinski definition) is 2. The Morgan fingerprint density at radius 2 is 2.25 bits per heavy atom. The Balaban J connectivity index is 0.00000225. The van der Waals surface area contributed by atoms with Gasteiger partial charge in [-0.1, -0.05) is 6.07 Å². The number of carbonyl (C=O) groups is 1. The molecule has 1 rings (SSSR count). The highest BCUT2D eigenvalue weighted by Crippen LogP contribution is 2.27. The molecule has 90 valence electrons. The largest absolute Gasteiger partial charge is 0.507 e. The molecule has 0 unspecified atom stereocenters. The summed E-state index contributed by atoms with van der Waals surface area (Å²) in [7, 11) is 1.32. The van der Waals surface area contributed by atoms with E-state index in [1.807, 2.05) is 0 Å². The minimum absolute atomic E-state index is 0. The summed E-state index contributed by atoms with van der Waals surface area (Å²) in [4.78, 5) is 11.0. The molecule has 0 amide bonds. The van der Waals surface area contributed by atoms with Crippen LogP contribution in [0.4, 0.5) is 0 Å². The second-order valence-corrected chi connectivity index (χ2v) is 3.95. The number of rotatable bonds is 3. The standard InChI is InChI=1S/C10H12BrNO3.ClH/c1-15-10(14)5-8(12)6-2-3-9(13)7(11)4-6;/h2-4,8,13H,5,12H2,1H3;1H/t8-;/m0./s1. The first kappa shape index (κ1) is 15.2. The van der Waals surface area contributed by atoms with Gasteiger partial charge >= 0.3 is 5.97 Å². The Kier molecular flexibility index (Phi) is 6.40. The van der Waals surface area contributed by atoms with E-state index >= 15 is 0 Å². The number of phenols is 1. The van der Waals surface area contributed by atoms with Crippen molar-refractivity contribution in [2.75, 3.05) is 7.11 Å². The molecule has 1 aromatic carbocycles. The fourth-order valence-corrected chi connectivity index (χ4v) is 1.53. The molecule has 0 spiro atoms. The van der Waals surface area contributed by atoms with Crippen LogP contribution in [0.3, 0.4) is 0 Å². The molecular formula is C10H13BrClNO3. The van der Waals surface area contributed by atoms with Crippen molar-refractivity contribution in [3.63, 3.8) is 0 Å². The number of methoxy groups -OCH3 is 1. The lowest BCUT2D eigenvalue weighted by atomic mass is 10.0. The third-order valence-electron chi connectivity index (χ3n) is 2.01. The van der Waals surface area contributed by atoms with E-state index in [0.717, 1.165) is 5.56 Å². The second-order valence-electron chi connectivity index (χ2n) is 3.10. The first-order chi connectivity index (χ1) is 7.04. The summed E-state index contributed by atoms with van der Waals surface area (Å²) in [6.45, 7) is 0. The number of phenolic OH excluding ortho intramolecular Hbond substituents is 1. The lowest BCUT2D eigenvalue weighted by Gasteiger charge is -2.11. The number of nitrogens with two attached hydrogens (primary N) is 1. The zero-order valence-electron chi connectivity index (χ0n) is 8.64. The van der Waals surface area contributed by atoms with Gasteiger partial charge in [0.15, 0.2) is 0 Å². The topological polar surface area (TPSA) is 72.5 Å². The van der Waals surface area contributed by atoms with E-state index in [4.69, 9.17) is 5.73 Å². The molecule has 0 aliphatic heterocycles. The number of ether oxygens (including phenoxy) is 1. The predicted molar refractivity (Wildman–Crippen MR) is 66.6 cm³/mol. The first-order valence-electron chi connectivity index (χ1n) is 4.35. The molecule has 4 nitrogen and oxygen atoms in total. The minimum atomic E-state index is -0.422. The molecule has 0 aliphatic carbocycles. The smallest absolute Gasteiger partial charge is 0.307 e. The maximum Gasteiger partial charge on any atom is 0.307 e. The van der Waals surface area contributed by atoms with Crippen LogP contribution < -0.4 is 5.73 Å². The summed E-state index contributed by atoms with van der Waals surface area (Å²) < 4.78 is 5.07. The van der Waals surface area contributed by atoms with Crippen molar-refractivity contribution >= 4 is 34.3 Å². The van der Waals surface area contributed by atoms with E-state index in [1.165, 1.54) is 13.2 Å². The van der Waals surface area contributed by atoms with Crippen molar-refractivity contribution in [2.45, 2.75) is 12.5 Å². The van der Waals surface area contributed by atoms with Crippen molar-refractivity contribution in [2.24, 2.45) is 5.73 Å². The summed E-state index contributed by atoms with van der Waals surface area (Å²) >= 11 is 3.18. The van der Waals surface area contributed by atoms with Gasteiger partial charge in [0.2, 0.25) is 0 Å². The van der Waals surface area contributed by atoms with Gasteiger partial charge < -0.3 is 15.6 Å². The summed E-state index contributed by atoms with van der Waals surface area (Å²) in [5.41, 5.74) is 6.56. The molecule has 0 aliphatic rings. The molecule has 0 aromatic heterocycles. The van der Waals surface area contributed by atoms with Crippen LogP contribution in [0, 0.1) is 0 Å². The highest BCUT2D eigenvalue weighted by atomic mass is 79.9. The third kappa shape index (κ3) is 4.00. The lowest BCUT2D eigenvalue weighted by molar-refractivity contribution is -0.141. The van der Waals surface area contributed by atoms with Gasteiger partial charge in [-0.3, -0.25) is 4.79 Å². The highest BCUT2D eigenvalue weighted by Gasteiger charge is 2.12. The number of esters is 1. The van der Waals surface area contributed by atoms with Gasteiger partial charge in [0.25, 0.3) is 0 Å². The monoisotopic (exact) mass is 309 g/mol. The van der Waals surface area contributed by atoms with Gasteiger partial charge in [0, 0.05) is 6.04 Å². The normalized spacial score (nSPS) is 11.4. The van der Waals surface area contributed by atoms with Gasteiger partial charge in [-0.2, -0.15) is 0 Å². The maximum absolute atomic E-state index is 11.0. The molecule has 0 heterocycles. The summed E-state index contributed by atoms with van der Waals surface area (Å²) in [5.74, 6) is -0.212. The summed E-state index contributed by atoms with van der Waals surface area (Å²) in [6.07, 6.45) is 0.119. The van der Waals surface area contributed by atoms with E-state index in [-0.39, 0.29) is 30.5 Å². The Morgan fingerprint density at radius 3 is 2.75 bits per heavy atom. The molecule has 16 heavy (non-hydrogen) atoms. The van der Waals surface area contributed by atoms with E-state index in [0.29, 0.717) is 4.47 Å². The Hall–Kier alpha value is -0.780. The van der Waals surface area contributed by atoms with E-state index < -0.39 is 6.04 Å². The number of benzene rings is 1. The Labute approximate surface area is 108 Å². The van der Waals surface area contributed by atoms with Crippen molar-refractivity contribution in [3.05, 3.63) is 28.2 Å². The second kappa shape index (κ2) is 6.73. The number of halogens is 2. The molecule has 3 N–H and O–H groups in total. The van der Waals surface area contributed by atoms with Crippen molar-refractivity contribution in [3.8, 4) is 5.75 Å². The predicted octanol–water partition coefficient (Wildman–Crippen LogP) is 2.14. The van der Waals surface area contributed by atoms with Crippen molar-refractivity contribution < 1.29 is 14.6 Å². The fraction of sp³-hybridized carbons (Fsp3) is 0.300. The summed E-state index contributed by atoms with van der Waals surface area (Å²) in [6, 6.07) is 4.46. The zero-order chi connectivity index (χ0) is 11.4. The van der Waals surface area contributed by atoms with Crippen molar-refractivity contribution in [1.82, 2.24) is 0 Å². The van der Waals surface area contributed by atoms with E-state index in [9.17, 15) is 9.90 Å². The first-order valence-corrected chi connectivity index (χ1v) is 5.14. The molecule has 0 saturated carbocycles. The Bertz CT molecular complexity index is 373.